The Morgan fingerprint density at radius 2 is 1.95 bits per heavy atom. The summed E-state index contributed by atoms with van der Waals surface area (Å²) < 4.78 is 5.97. The van der Waals surface area contributed by atoms with Gasteiger partial charge in [-0.3, -0.25) is 4.90 Å². The summed E-state index contributed by atoms with van der Waals surface area (Å²) in [5, 5.41) is 0. The van der Waals surface area contributed by atoms with Crippen molar-refractivity contribution in [2.45, 2.75) is 38.1 Å². The van der Waals surface area contributed by atoms with Crippen molar-refractivity contribution in [1.29, 1.82) is 0 Å². The minimum atomic E-state index is 0.675. The van der Waals surface area contributed by atoms with E-state index in [4.69, 9.17) is 10.5 Å². The Morgan fingerprint density at radius 3 is 2.84 bits per heavy atom. The highest BCUT2D eigenvalue weighted by atomic mass is 16.5. The van der Waals surface area contributed by atoms with E-state index >= 15 is 0 Å². The number of rotatable bonds is 3. The average Bonchev–Trinajstić information content (AvgIpc) is 2.46. The summed E-state index contributed by atoms with van der Waals surface area (Å²) >= 11 is 0. The molecule has 104 valence electrons. The maximum Gasteiger partial charge on any atom is 0.142 e. The number of ether oxygens (including phenoxy) is 1. The smallest absolute Gasteiger partial charge is 0.142 e. The fourth-order valence-electron chi connectivity index (χ4n) is 3.58. The first-order chi connectivity index (χ1) is 9.34. The second-order valence-electron chi connectivity index (χ2n) is 5.85. The van der Waals surface area contributed by atoms with Gasteiger partial charge in [-0.05, 0) is 50.9 Å². The molecule has 0 radical (unpaired) electrons. The Balaban J connectivity index is 1.61. The molecular weight excluding hydrogens is 236 g/mol. The summed E-state index contributed by atoms with van der Waals surface area (Å²) in [4.78, 5) is 2.68. The van der Waals surface area contributed by atoms with Gasteiger partial charge in [0.25, 0.3) is 0 Å². The van der Waals surface area contributed by atoms with Gasteiger partial charge in [0, 0.05) is 12.0 Å². The van der Waals surface area contributed by atoms with E-state index in [9.17, 15) is 0 Å². The number of nitrogens with two attached hydrogens (primary N) is 1. The van der Waals surface area contributed by atoms with Crippen LogP contribution in [0, 0.1) is 5.92 Å². The molecule has 0 unspecified atom stereocenters. The summed E-state index contributed by atoms with van der Waals surface area (Å²) in [5.41, 5.74) is 6.68. The summed E-state index contributed by atoms with van der Waals surface area (Å²) in [6, 6.07) is 8.55. The van der Waals surface area contributed by atoms with Crippen molar-refractivity contribution < 1.29 is 4.74 Å². The first-order valence-corrected chi connectivity index (χ1v) is 7.56. The zero-order valence-corrected chi connectivity index (χ0v) is 11.6. The van der Waals surface area contributed by atoms with Crippen molar-refractivity contribution in [3.8, 4) is 5.75 Å². The zero-order chi connectivity index (χ0) is 13.1. The van der Waals surface area contributed by atoms with E-state index in [2.05, 4.69) is 4.90 Å². The van der Waals surface area contributed by atoms with E-state index in [0.717, 1.165) is 24.1 Å². The van der Waals surface area contributed by atoms with E-state index in [1.54, 1.807) is 0 Å². The Labute approximate surface area is 115 Å². The van der Waals surface area contributed by atoms with E-state index in [0.29, 0.717) is 5.92 Å². The molecule has 1 aromatic carbocycles. The molecule has 3 rings (SSSR count). The highest BCUT2D eigenvalue weighted by molar-refractivity contribution is 5.51. The number of para-hydroxylation sites is 2. The predicted molar refractivity (Wildman–Crippen MR) is 78.3 cm³/mol. The molecule has 0 spiro atoms. The molecule has 2 saturated heterocycles. The van der Waals surface area contributed by atoms with Crippen molar-refractivity contribution in [3.63, 3.8) is 0 Å². The molecule has 0 amide bonds. The van der Waals surface area contributed by atoms with Crippen LogP contribution in [0.5, 0.6) is 5.75 Å². The molecular formula is C16H24N2O. The van der Waals surface area contributed by atoms with E-state index in [1.807, 2.05) is 24.3 Å². The Kier molecular flexibility index (Phi) is 3.92. The topological polar surface area (TPSA) is 38.5 Å². The molecule has 19 heavy (non-hydrogen) atoms. The molecule has 2 heterocycles. The van der Waals surface area contributed by atoms with Gasteiger partial charge in [-0.2, -0.15) is 0 Å². The zero-order valence-electron chi connectivity index (χ0n) is 11.6. The number of benzene rings is 1. The van der Waals surface area contributed by atoms with Crippen LogP contribution in [0.25, 0.3) is 0 Å². The molecule has 1 aromatic rings. The molecule has 0 saturated carbocycles. The third-order valence-corrected chi connectivity index (χ3v) is 4.60. The largest absolute Gasteiger partial charge is 0.491 e. The van der Waals surface area contributed by atoms with E-state index in [-0.39, 0.29) is 0 Å². The third-order valence-electron chi connectivity index (χ3n) is 4.60. The van der Waals surface area contributed by atoms with E-state index < -0.39 is 0 Å². The molecule has 3 nitrogen and oxygen atoms in total. The van der Waals surface area contributed by atoms with Crippen molar-refractivity contribution in [1.82, 2.24) is 4.90 Å². The molecule has 0 bridgehead atoms. The fraction of sp³-hybridized carbons (Fsp3) is 0.625. The number of hydrogen-bond donors (Lipinski definition) is 1. The van der Waals surface area contributed by atoms with Gasteiger partial charge in [0.05, 0.1) is 12.3 Å². The fourth-order valence-corrected chi connectivity index (χ4v) is 3.58. The van der Waals surface area contributed by atoms with Gasteiger partial charge in [0.15, 0.2) is 0 Å². The van der Waals surface area contributed by atoms with Crippen LogP contribution in [0.1, 0.15) is 32.1 Å². The Morgan fingerprint density at radius 1 is 1.11 bits per heavy atom. The summed E-state index contributed by atoms with van der Waals surface area (Å²) in [6.07, 6.45) is 6.71. The first kappa shape index (κ1) is 12.8. The number of anilines is 1. The minimum Gasteiger partial charge on any atom is -0.491 e. The quantitative estimate of drug-likeness (QED) is 0.849. The standard InChI is InChI=1S/C16H24N2O/c17-14-7-1-2-9-16(14)19-12-13-6-5-11-18-10-4-3-8-15(13)18/h1-2,7,9,13,15H,3-6,8,10-12,17H2/t13-,15+/m1/s1. The summed E-state index contributed by atoms with van der Waals surface area (Å²) in [5.74, 6) is 1.52. The first-order valence-electron chi connectivity index (χ1n) is 7.56. The van der Waals surface area contributed by atoms with Gasteiger partial charge in [0.1, 0.15) is 5.75 Å². The van der Waals surface area contributed by atoms with Crippen LogP contribution in [-0.2, 0) is 0 Å². The highest BCUT2D eigenvalue weighted by Gasteiger charge is 2.33. The van der Waals surface area contributed by atoms with Gasteiger partial charge < -0.3 is 10.5 Å². The Bertz CT molecular complexity index is 419. The monoisotopic (exact) mass is 260 g/mol. The van der Waals surface area contributed by atoms with Crippen molar-refractivity contribution in [2.75, 3.05) is 25.4 Å². The number of hydrogen-bond acceptors (Lipinski definition) is 3. The molecule has 2 fully saturated rings. The second-order valence-corrected chi connectivity index (χ2v) is 5.85. The van der Waals surface area contributed by atoms with Crippen molar-refractivity contribution >= 4 is 5.69 Å². The van der Waals surface area contributed by atoms with Gasteiger partial charge in [-0.1, -0.05) is 18.6 Å². The highest BCUT2D eigenvalue weighted by Crippen LogP contribution is 2.32. The number of fused-ring (bicyclic) bond motifs is 1. The lowest BCUT2D eigenvalue weighted by atomic mass is 9.84. The van der Waals surface area contributed by atoms with Gasteiger partial charge in [-0.15, -0.1) is 0 Å². The molecule has 3 heteroatoms. The number of nitrogen functional groups attached to an aromatic ring is 1. The van der Waals surface area contributed by atoms with Crippen molar-refractivity contribution in [2.24, 2.45) is 5.92 Å². The molecule has 2 aliphatic rings. The molecule has 0 aromatic heterocycles. The van der Waals surface area contributed by atoms with E-state index in [1.165, 1.54) is 45.2 Å². The van der Waals surface area contributed by atoms with Gasteiger partial charge in [-0.25, -0.2) is 0 Å². The molecule has 2 aliphatic heterocycles. The van der Waals surface area contributed by atoms with Crippen LogP contribution in [0.2, 0.25) is 0 Å². The Hall–Kier alpha value is -1.22. The lowest BCUT2D eigenvalue weighted by Crippen LogP contribution is -2.49. The van der Waals surface area contributed by atoms with Crippen LogP contribution in [-0.4, -0.2) is 30.6 Å². The van der Waals surface area contributed by atoms with Crippen molar-refractivity contribution in [3.05, 3.63) is 24.3 Å². The van der Waals surface area contributed by atoms with Gasteiger partial charge >= 0.3 is 0 Å². The van der Waals surface area contributed by atoms with Crippen LogP contribution >= 0.6 is 0 Å². The van der Waals surface area contributed by atoms with Crippen LogP contribution in [0.4, 0.5) is 5.69 Å². The van der Waals surface area contributed by atoms with Gasteiger partial charge in [0.2, 0.25) is 0 Å². The predicted octanol–water partition coefficient (Wildman–Crippen LogP) is 2.91. The lowest BCUT2D eigenvalue weighted by molar-refractivity contribution is 0.0367. The second kappa shape index (κ2) is 5.83. The minimum absolute atomic E-state index is 0.675. The third kappa shape index (κ3) is 2.86. The number of piperidine rings is 2. The lowest BCUT2D eigenvalue weighted by Gasteiger charge is -2.44. The molecule has 0 aliphatic carbocycles. The number of nitrogens with zero attached hydrogens (tertiary/aromatic N) is 1. The molecule has 2 atom stereocenters. The van der Waals surface area contributed by atoms with Crippen LogP contribution < -0.4 is 10.5 Å². The SMILES string of the molecule is Nc1ccccc1OC[C@H]1CCCN2CCCC[C@@H]12. The average molecular weight is 260 g/mol. The normalized spacial score (nSPS) is 27.8. The maximum absolute atomic E-state index is 5.97. The molecule has 2 N–H and O–H groups in total. The van der Waals surface area contributed by atoms with Crippen LogP contribution in [0.3, 0.4) is 0 Å². The van der Waals surface area contributed by atoms with Crippen LogP contribution in [0.15, 0.2) is 24.3 Å². The summed E-state index contributed by atoms with van der Waals surface area (Å²) in [7, 11) is 0. The maximum atomic E-state index is 5.97. The summed E-state index contributed by atoms with van der Waals surface area (Å²) in [6.45, 7) is 3.39.